The summed E-state index contributed by atoms with van der Waals surface area (Å²) in [5.74, 6) is -1.79. The van der Waals surface area contributed by atoms with Gasteiger partial charge in [0.05, 0.1) is 27.8 Å². The molecule has 6 heteroatoms. The summed E-state index contributed by atoms with van der Waals surface area (Å²) in [6.07, 6.45) is 0. The van der Waals surface area contributed by atoms with E-state index in [2.05, 4.69) is 0 Å². The Morgan fingerprint density at radius 3 is 2.52 bits per heavy atom. The number of hydrogen-bond donors (Lipinski definition) is 0. The van der Waals surface area contributed by atoms with Crippen molar-refractivity contribution in [2.24, 2.45) is 0 Å². The average Bonchev–Trinajstić information content (AvgIpc) is 2.69. The monoisotopic (exact) mass is 323 g/mol. The van der Waals surface area contributed by atoms with Crippen LogP contribution >= 0.6 is 23.2 Å². The van der Waals surface area contributed by atoms with Gasteiger partial charge in [-0.25, -0.2) is 4.39 Å². The van der Waals surface area contributed by atoms with Gasteiger partial charge < -0.3 is 0 Å². The molecule has 0 N–H and O–H groups in total. The maximum Gasteiger partial charge on any atom is 0.299 e. The lowest BCUT2D eigenvalue weighted by atomic mass is 10.1. The van der Waals surface area contributed by atoms with E-state index in [1.807, 2.05) is 0 Å². The lowest BCUT2D eigenvalue weighted by molar-refractivity contribution is -0.114. The van der Waals surface area contributed by atoms with E-state index in [-0.39, 0.29) is 17.1 Å². The number of rotatable bonds is 2. The molecule has 2 aromatic carbocycles. The second-order valence-electron chi connectivity index (χ2n) is 4.60. The van der Waals surface area contributed by atoms with Gasteiger partial charge in [0.2, 0.25) is 0 Å². The van der Waals surface area contributed by atoms with Crippen molar-refractivity contribution < 1.29 is 14.0 Å². The van der Waals surface area contributed by atoms with Gasteiger partial charge in [0.25, 0.3) is 11.7 Å². The van der Waals surface area contributed by atoms with E-state index < -0.39 is 17.5 Å². The number of amides is 1. The van der Waals surface area contributed by atoms with Gasteiger partial charge in [-0.15, -0.1) is 0 Å². The zero-order valence-electron chi connectivity index (χ0n) is 10.6. The van der Waals surface area contributed by atoms with Crippen LogP contribution in [0.3, 0.4) is 0 Å². The molecule has 0 saturated heterocycles. The Kier molecular flexibility index (Phi) is 3.43. The molecule has 3 nitrogen and oxygen atoms in total. The minimum absolute atomic E-state index is 0.0372. The predicted molar refractivity (Wildman–Crippen MR) is 78.4 cm³/mol. The van der Waals surface area contributed by atoms with Crippen LogP contribution in [0.15, 0.2) is 36.4 Å². The Labute approximate surface area is 129 Å². The molecular weight excluding hydrogens is 316 g/mol. The summed E-state index contributed by atoms with van der Waals surface area (Å²) in [7, 11) is 0. The van der Waals surface area contributed by atoms with Gasteiger partial charge >= 0.3 is 0 Å². The molecular formula is C15H8Cl2FNO2. The summed E-state index contributed by atoms with van der Waals surface area (Å²) < 4.78 is 13.2. The van der Waals surface area contributed by atoms with Gasteiger partial charge in [0.15, 0.2) is 0 Å². The zero-order chi connectivity index (χ0) is 15.1. The minimum Gasteiger partial charge on any atom is -0.299 e. The van der Waals surface area contributed by atoms with Crippen molar-refractivity contribution in [3.63, 3.8) is 0 Å². The molecule has 1 aliphatic heterocycles. The molecule has 0 atom stereocenters. The standard InChI is InChI=1S/C15H8Cl2FNO2/c16-10-3-1-2-9-13(10)19(15(21)14(9)20)7-8-4-5-12(18)11(17)6-8/h1-6H,7H2. The zero-order valence-corrected chi connectivity index (χ0v) is 12.1. The van der Waals surface area contributed by atoms with Crippen LogP contribution in [0.4, 0.5) is 10.1 Å². The van der Waals surface area contributed by atoms with Crippen LogP contribution in [-0.2, 0) is 11.3 Å². The maximum atomic E-state index is 13.2. The number of carbonyl (C=O) groups excluding carboxylic acids is 2. The first kappa shape index (κ1) is 14.0. The Morgan fingerprint density at radius 2 is 1.81 bits per heavy atom. The molecule has 0 saturated carbocycles. The van der Waals surface area contributed by atoms with Crippen molar-refractivity contribution >= 4 is 40.6 Å². The van der Waals surface area contributed by atoms with E-state index in [1.54, 1.807) is 18.2 Å². The van der Waals surface area contributed by atoms with Gasteiger partial charge in [-0.3, -0.25) is 14.5 Å². The summed E-state index contributed by atoms with van der Waals surface area (Å²) in [5, 5.41) is 0.282. The molecule has 0 spiro atoms. The fourth-order valence-corrected chi connectivity index (χ4v) is 2.76. The van der Waals surface area contributed by atoms with E-state index in [4.69, 9.17) is 23.2 Å². The predicted octanol–water partition coefficient (Wildman–Crippen LogP) is 3.86. The van der Waals surface area contributed by atoms with Crippen molar-refractivity contribution in [3.8, 4) is 0 Å². The van der Waals surface area contributed by atoms with Gasteiger partial charge in [-0.2, -0.15) is 0 Å². The van der Waals surface area contributed by atoms with E-state index in [0.717, 1.165) is 0 Å². The van der Waals surface area contributed by atoms with Crippen LogP contribution in [0.5, 0.6) is 0 Å². The third kappa shape index (κ3) is 2.30. The van der Waals surface area contributed by atoms with Gasteiger partial charge in [0.1, 0.15) is 5.82 Å². The summed E-state index contributed by atoms with van der Waals surface area (Å²) in [5.41, 5.74) is 1.27. The second kappa shape index (κ2) is 5.13. The fourth-order valence-electron chi connectivity index (χ4n) is 2.28. The normalized spacial score (nSPS) is 13.8. The van der Waals surface area contributed by atoms with Crippen LogP contribution in [0, 0.1) is 5.82 Å². The molecule has 1 heterocycles. The molecule has 21 heavy (non-hydrogen) atoms. The van der Waals surface area contributed by atoms with Crippen LogP contribution < -0.4 is 4.90 Å². The van der Waals surface area contributed by atoms with Crippen molar-refractivity contribution in [2.45, 2.75) is 6.54 Å². The first-order valence-corrected chi connectivity index (χ1v) is 6.83. The first-order chi connectivity index (χ1) is 9.99. The van der Waals surface area contributed by atoms with Gasteiger partial charge in [0, 0.05) is 0 Å². The molecule has 3 rings (SSSR count). The van der Waals surface area contributed by atoms with Gasteiger partial charge in [-0.05, 0) is 29.8 Å². The summed E-state index contributed by atoms with van der Waals surface area (Å²) in [6.45, 7) is 0.0985. The van der Waals surface area contributed by atoms with Crippen LogP contribution in [0.2, 0.25) is 10.0 Å². The van der Waals surface area contributed by atoms with Crippen molar-refractivity contribution in [1.29, 1.82) is 0 Å². The molecule has 0 unspecified atom stereocenters. The highest BCUT2D eigenvalue weighted by atomic mass is 35.5. The number of nitrogens with zero attached hydrogens (tertiary/aromatic N) is 1. The lowest BCUT2D eigenvalue weighted by Gasteiger charge is -2.17. The largest absolute Gasteiger partial charge is 0.299 e. The summed E-state index contributed by atoms with van der Waals surface area (Å²) in [6, 6.07) is 8.92. The molecule has 106 valence electrons. The van der Waals surface area contributed by atoms with Crippen molar-refractivity contribution in [2.75, 3.05) is 4.90 Å². The number of para-hydroxylation sites is 1. The van der Waals surface area contributed by atoms with E-state index in [0.29, 0.717) is 16.3 Å². The highest BCUT2D eigenvalue weighted by Gasteiger charge is 2.37. The first-order valence-electron chi connectivity index (χ1n) is 6.07. The quantitative estimate of drug-likeness (QED) is 0.787. The van der Waals surface area contributed by atoms with Crippen LogP contribution in [0.25, 0.3) is 0 Å². The SMILES string of the molecule is O=C1C(=O)N(Cc2ccc(F)c(Cl)c2)c2c(Cl)cccc21. The van der Waals surface area contributed by atoms with E-state index in [9.17, 15) is 14.0 Å². The number of fused-ring (bicyclic) bond motifs is 1. The van der Waals surface area contributed by atoms with Crippen LogP contribution in [-0.4, -0.2) is 11.7 Å². The highest BCUT2D eigenvalue weighted by Crippen LogP contribution is 2.36. The lowest BCUT2D eigenvalue weighted by Crippen LogP contribution is -2.29. The molecule has 0 fully saturated rings. The molecule has 1 amide bonds. The second-order valence-corrected chi connectivity index (χ2v) is 5.42. The number of carbonyl (C=O) groups is 2. The number of Topliss-reactive ketones (excluding diaryl/α,β-unsaturated/α-hetero) is 1. The summed E-state index contributed by atoms with van der Waals surface area (Å²) in [4.78, 5) is 25.3. The maximum absolute atomic E-state index is 13.2. The topological polar surface area (TPSA) is 37.4 Å². The molecule has 2 aromatic rings. The molecule has 0 bridgehead atoms. The Bertz CT molecular complexity index is 776. The number of anilines is 1. The van der Waals surface area contributed by atoms with E-state index in [1.165, 1.54) is 23.1 Å². The smallest absolute Gasteiger partial charge is 0.299 e. The number of hydrogen-bond acceptors (Lipinski definition) is 2. The molecule has 1 aliphatic rings. The van der Waals surface area contributed by atoms with E-state index >= 15 is 0 Å². The number of benzene rings is 2. The average molecular weight is 324 g/mol. The number of ketones is 1. The Balaban J connectivity index is 2.02. The van der Waals surface area contributed by atoms with Crippen molar-refractivity contribution in [3.05, 3.63) is 63.4 Å². The molecule has 0 aliphatic carbocycles. The highest BCUT2D eigenvalue weighted by molar-refractivity contribution is 6.54. The van der Waals surface area contributed by atoms with Gasteiger partial charge in [-0.1, -0.05) is 35.3 Å². The fraction of sp³-hybridized carbons (Fsp3) is 0.0667. The molecule has 0 aromatic heterocycles. The third-order valence-corrected chi connectivity index (χ3v) is 3.86. The number of halogens is 3. The minimum atomic E-state index is -0.654. The van der Waals surface area contributed by atoms with Crippen LogP contribution in [0.1, 0.15) is 15.9 Å². The Hall–Kier alpha value is -1.91. The summed E-state index contributed by atoms with van der Waals surface area (Å²) >= 11 is 11.8. The molecule has 0 radical (unpaired) electrons. The third-order valence-electron chi connectivity index (χ3n) is 3.27. The Morgan fingerprint density at radius 1 is 1.05 bits per heavy atom. The van der Waals surface area contributed by atoms with Crippen molar-refractivity contribution in [1.82, 2.24) is 0 Å².